The minimum atomic E-state index is 0.0645. The number of benzene rings is 1. The molecular weight excluding hydrogens is 272 g/mol. The van der Waals surface area contributed by atoms with Gasteiger partial charge in [0.25, 0.3) is 0 Å². The van der Waals surface area contributed by atoms with Crippen molar-refractivity contribution < 1.29 is 9.53 Å². The summed E-state index contributed by atoms with van der Waals surface area (Å²) in [7, 11) is 0. The first-order chi connectivity index (χ1) is 10.4. The molecule has 22 heavy (non-hydrogen) atoms. The molecule has 0 heterocycles. The Hall–Kier alpha value is -1.57. The van der Waals surface area contributed by atoms with Crippen LogP contribution in [0.1, 0.15) is 52.5 Å². The van der Waals surface area contributed by atoms with Crippen molar-refractivity contribution in [2.75, 3.05) is 0 Å². The SMILES string of the molecule is C/C(C=O)=C\O[C@@H]1C[C@H](C)CC[C@H]1C(C)(C)c1ccccc1. The average Bonchev–Trinajstić information content (AvgIpc) is 2.53. The zero-order valence-corrected chi connectivity index (χ0v) is 14.2. The van der Waals surface area contributed by atoms with Gasteiger partial charge in [-0.05, 0) is 36.7 Å². The lowest BCUT2D eigenvalue weighted by Gasteiger charge is -2.44. The predicted octanol–water partition coefficient (Wildman–Crippen LogP) is 4.89. The van der Waals surface area contributed by atoms with Gasteiger partial charge in [0, 0.05) is 11.5 Å². The summed E-state index contributed by atoms with van der Waals surface area (Å²) >= 11 is 0. The Morgan fingerprint density at radius 1 is 1.23 bits per heavy atom. The standard InChI is InChI=1S/C20H28O2/c1-15-10-11-18(19(12-15)22-14-16(2)13-21)20(3,4)17-8-6-5-7-9-17/h5-9,13-15,18-19H,10-12H2,1-4H3/b16-14+/t15-,18-,19-/m1/s1. The van der Waals surface area contributed by atoms with E-state index in [2.05, 4.69) is 51.1 Å². The van der Waals surface area contributed by atoms with Gasteiger partial charge in [0.1, 0.15) is 12.4 Å². The van der Waals surface area contributed by atoms with Crippen LogP contribution in [0.2, 0.25) is 0 Å². The van der Waals surface area contributed by atoms with Gasteiger partial charge in [-0.1, -0.05) is 57.5 Å². The Morgan fingerprint density at radius 2 is 1.91 bits per heavy atom. The molecular formula is C20H28O2. The van der Waals surface area contributed by atoms with E-state index in [0.29, 0.717) is 17.4 Å². The fourth-order valence-corrected chi connectivity index (χ4v) is 3.61. The lowest BCUT2D eigenvalue weighted by atomic mass is 9.64. The summed E-state index contributed by atoms with van der Waals surface area (Å²) in [6, 6.07) is 10.7. The number of carbonyl (C=O) groups excluding carboxylic acids is 1. The molecule has 0 radical (unpaired) electrons. The number of hydrogen-bond acceptors (Lipinski definition) is 2. The van der Waals surface area contributed by atoms with Crippen LogP contribution < -0.4 is 0 Å². The topological polar surface area (TPSA) is 26.3 Å². The van der Waals surface area contributed by atoms with Gasteiger partial charge in [0.05, 0.1) is 6.26 Å². The highest BCUT2D eigenvalue weighted by molar-refractivity contribution is 5.71. The van der Waals surface area contributed by atoms with E-state index >= 15 is 0 Å². The lowest BCUT2D eigenvalue weighted by Crippen LogP contribution is -2.42. The molecule has 1 aromatic rings. The Bertz CT molecular complexity index is 516. The fourth-order valence-electron chi connectivity index (χ4n) is 3.61. The summed E-state index contributed by atoms with van der Waals surface area (Å²) in [6.45, 7) is 8.71. The summed E-state index contributed by atoms with van der Waals surface area (Å²) in [6.07, 6.45) is 6.14. The third-order valence-corrected chi connectivity index (χ3v) is 5.11. The molecule has 2 heteroatoms. The van der Waals surface area contributed by atoms with Crippen LogP contribution in [-0.2, 0) is 14.9 Å². The second-order valence-corrected chi connectivity index (χ2v) is 7.27. The van der Waals surface area contributed by atoms with Crippen LogP contribution in [0.3, 0.4) is 0 Å². The van der Waals surface area contributed by atoms with E-state index in [1.54, 1.807) is 13.2 Å². The molecule has 0 spiro atoms. The van der Waals surface area contributed by atoms with Gasteiger partial charge in [-0.3, -0.25) is 4.79 Å². The van der Waals surface area contributed by atoms with E-state index < -0.39 is 0 Å². The third kappa shape index (κ3) is 3.79. The molecule has 0 unspecified atom stereocenters. The van der Waals surface area contributed by atoms with Crippen LogP contribution in [0.15, 0.2) is 42.2 Å². The highest BCUT2D eigenvalue weighted by Crippen LogP contribution is 2.43. The number of hydrogen-bond donors (Lipinski definition) is 0. The van der Waals surface area contributed by atoms with Gasteiger partial charge in [-0.2, -0.15) is 0 Å². The third-order valence-electron chi connectivity index (χ3n) is 5.11. The van der Waals surface area contributed by atoms with Crippen LogP contribution in [0, 0.1) is 11.8 Å². The van der Waals surface area contributed by atoms with Crippen LogP contribution in [0.4, 0.5) is 0 Å². The average molecular weight is 300 g/mol. The van der Waals surface area contributed by atoms with Crippen molar-refractivity contribution in [3.63, 3.8) is 0 Å². The molecule has 1 aliphatic carbocycles. The second-order valence-electron chi connectivity index (χ2n) is 7.27. The van der Waals surface area contributed by atoms with Crippen molar-refractivity contribution in [2.24, 2.45) is 11.8 Å². The summed E-state index contributed by atoms with van der Waals surface area (Å²) in [4.78, 5) is 10.8. The van der Waals surface area contributed by atoms with E-state index in [4.69, 9.17) is 4.74 Å². The second kappa shape index (κ2) is 7.13. The first-order valence-corrected chi connectivity index (χ1v) is 8.28. The van der Waals surface area contributed by atoms with Crippen molar-refractivity contribution in [2.45, 2.75) is 58.5 Å². The van der Waals surface area contributed by atoms with Crippen LogP contribution in [0.5, 0.6) is 0 Å². The summed E-state index contributed by atoms with van der Waals surface area (Å²) in [5, 5.41) is 0. The van der Waals surface area contributed by atoms with Crippen molar-refractivity contribution in [1.82, 2.24) is 0 Å². The number of ether oxygens (including phenoxy) is 1. The lowest BCUT2D eigenvalue weighted by molar-refractivity contribution is -0.105. The van der Waals surface area contributed by atoms with Crippen LogP contribution >= 0.6 is 0 Å². The fraction of sp³-hybridized carbons (Fsp3) is 0.550. The highest BCUT2D eigenvalue weighted by Gasteiger charge is 2.40. The van der Waals surface area contributed by atoms with E-state index in [-0.39, 0.29) is 11.5 Å². The predicted molar refractivity (Wildman–Crippen MR) is 90.7 cm³/mol. The largest absolute Gasteiger partial charge is 0.497 e. The molecule has 0 aliphatic heterocycles. The smallest absolute Gasteiger partial charge is 0.148 e. The molecule has 2 rings (SSSR count). The quantitative estimate of drug-likeness (QED) is 0.440. The molecule has 120 valence electrons. The van der Waals surface area contributed by atoms with Gasteiger partial charge >= 0.3 is 0 Å². The molecule has 1 fully saturated rings. The van der Waals surface area contributed by atoms with Crippen molar-refractivity contribution >= 4 is 6.29 Å². The van der Waals surface area contributed by atoms with E-state index in [1.807, 2.05) is 0 Å². The van der Waals surface area contributed by atoms with Gasteiger partial charge in [-0.15, -0.1) is 0 Å². The molecule has 1 saturated carbocycles. The van der Waals surface area contributed by atoms with Gasteiger partial charge < -0.3 is 4.74 Å². The zero-order chi connectivity index (χ0) is 16.2. The molecule has 2 nitrogen and oxygen atoms in total. The van der Waals surface area contributed by atoms with Gasteiger partial charge in [0.15, 0.2) is 0 Å². The molecule has 3 atom stereocenters. The zero-order valence-electron chi connectivity index (χ0n) is 14.2. The number of aldehydes is 1. The first kappa shape index (κ1) is 16.8. The van der Waals surface area contributed by atoms with Crippen LogP contribution in [0.25, 0.3) is 0 Å². The molecule has 0 amide bonds. The minimum absolute atomic E-state index is 0.0645. The number of rotatable bonds is 5. The molecule has 0 N–H and O–H groups in total. The summed E-state index contributed by atoms with van der Waals surface area (Å²) in [5.41, 5.74) is 2.07. The molecule has 0 saturated heterocycles. The minimum Gasteiger partial charge on any atom is -0.497 e. The molecule has 0 aromatic heterocycles. The summed E-state index contributed by atoms with van der Waals surface area (Å²) in [5.74, 6) is 1.14. The highest BCUT2D eigenvalue weighted by atomic mass is 16.5. The summed E-state index contributed by atoms with van der Waals surface area (Å²) < 4.78 is 6.03. The van der Waals surface area contributed by atoms with E-state index in [0.717, 1.165) is 12.7 Å². The number of carbonyl (C=O) groups is 1. The first-order valence-electron chi connectivity index (χ1n) is 8.28. The maximum absolute atomic E-state index is 10.8. The Morgan fingerprint density at radius 3 is 2.55 bits per heavy atom. The van der Waals surface area contributed by atoms with E-state index in [1.165, 1.54) is 18.4 Å². The Kier molecular flexibility index (Phi) is 5.44. The van der Waals surface area contributed by atoms with Gasteiger partial charge in [0.2, 0.25) is 0 Å². The van der Waals surface area contributed by atoms with Crippen molar-refractivity contribution in [3.05, 3.63) is 47.7 Å². The molecule has 1 aliphatic rings. The maximum Gasteiger partial charge on any atom is 0.148 e. The number of allylic oxidation sites excluding steroid dienone is 1. The van der Waals surface area contributed by atoms with Gasteiger partial charge in [-0.25, -0.2) is 0 Å². The van der Waals surface area contributed by atoms with E-state index in [9.17, 15) is 4.79 Å². The molecule has 0 bridgehead atoms. The monoisotopic (exact) mass is 300 g/mol. The van der Waals surface area contributed by atoms with Crippen molar-refractivity contribution in [1.29, 1.82) is 0 Å². The maximum atomic E-state index is 10.8. The molecule has 1 aromatic carbocycles. The Balaban J connectivity index is 2.23. The Labute approximate surface area is 134 Å². The normalized spacial score (nSPS) is 26.5. The van der Waals surface area contributed by atoms with Crippen LogP contribution in [-0.4, -0.2) is 12.4 Å². The van der Waals surface area contributed by atoms with Crippen molar-refractivity contribution in [3.8, 4) is 0 Å².